The Kier molecular flexibility index (Phi) is 9.46. The molecule has 42 heavy (non-hydrogen) atoms. The van der Waals surface area contributed by atoms with E-state index < -0.39 is 17.7 Å². The second kappa shape index (κ2) is 13.4. The number of carbonyl (C=O) groups is 2. The van der Waals surface area contributed by atoms with Crippen molar-refractivity contribution in [3.63, 3.8) is 0 Å². The van der Waals surface area contributed by atoms with Crippen molar-refractivity contribution < 1.29 is 24.2 Å². The third-order valence-electron chi connectivity index (χ3n) is 6.66. The van der Waals surface area contributed by atoms with Gasteiger partial charge >= 0.3 is 5.91 Å². The molecule has 2 heterocycles. The second-order valence-corrected chi connectivity index (χ2v) is 12.0. The van der Waals surface area contributed by atoms with Crippen molar-refractivity contribution >= 4 is 57.3 Å². The SMILES string of the molecule is CCCCOc1ccc(/C(O)=C2\C(=O)C(=O)N(c3nnc(SCc4ccccc4Cl)s3)C2c2cccc(OC)c2)cc1. The number of nitrogens with zero attached hydrogens (tertiary/aromatic N) is 3. The van der Waals surface area contributed by atoms with Crippen LogP contribution in [-0.4, -0.2) is 40.7 Å². The molecule has 0 radical (unpaired) electrons. The number of hydrogen-bond donors (Lipinski definition) is 1. The molecule has 4 aromatic rings. The summed E-state index contributed by atoms with van der Waals surface area (Å²) in [7, 11) is 1.54. The molecule has 1 aliphatic heterocycles. The molecule has 1 unspecified atom stereocenters. The Morgan fingerprint density at radius 1 is 1.05 bits per heavy atom. The zero-order chi connectivity index (χ0) is 29.6. The van der Waals surface area contributed by atoms with Gasteiger partial charge in [0.2, 0.25) is 5.13 Å². The van der Waals surface area contributed by atoms with Crippen molar-refractivity contribution in [3.05, 3.63) is 100 Å². The monoisotopic (exact) mass is 621 g/mol. The van der Waals surface area contributed by atoms with Crippen LogP contribution in [-0.2, 0) is 15.3 Å². The minimum Gasteiger partial charge on any atom is -0.507 e. The van der Waals surface area contributed by atoms with E-state index in [2.05, 4.69) is 17.1 Å². The maximum absolute atomic E-state index is 13.5. The first-order valence-corrected chi connectivity index (χ1v) is 15.5. The van der Waals surface area contributed by atoms with Crippen molar-refractivity contribution in [2.24, 2.45) is 0 Å². The van der Waals surface area contributed by atoms with Crippen molar-refractivity contribution in [2.75, 3.05) is 18.6 Å². The predicted molar refractivity (Wildman–Crippen MR) is 166 cm³/mol. The van der Waals surface area contributed by atoms with Gasteiger partial charge in [-0.25, -0.2) is 0 Å². The lowest BCUT2D eigenvalue weighted by molar-refractivity contribution is -0.132. The van der Waals surface area contributed by atoms with Crippen LogP contribution in [0.1, 0.15) is 42.5 Å². The van der Waals surface area contributed by atoms with Crippen molar-refractivity contribution in [1.82, 2.24) is 10.2 Å². The molecular weight excluding hydrogens is 594 g/mol. The highest BCUT2D eigenvalue weighted by Crippen LogP contribution is 2.44. The zero-order valence-electron chi connectivity index (χ0n) is 23.0. The molecule has 1 amide bonds. The molecule has 1 saturated heterocycles. The molecule has 0 spiro atoms. The van der Waals surface area contributed by atoms with Crippen LogP contribution >= 0.6 is 34.7 Å². The molecular formula is C31H28ClN3O5S2. The summed E-state index contributed by atoms with van der Waals surface area (Å²) in [6.07, 6.45) is 1.94. The van der Waals surface area contributed by atoms with Gasteiger partial charge in [0.1, 0.15) is 17.3 Å². The maximum atomic E-state index is 13.5. The van der Waals surface area contributed by atoms with E-state index in [9.17, 15) is 14.7 Å². The summed E-state index contributed by atoms with van der Waals surface area (Å²) in [4.78, 5) is 28.3. The first kappa shape index (κ1) is 29.6. The molecule has 0 saturated carbocycles. The normalized spacial score (nSPS) is 16.2. The standard InChI is InChI=1S/C31H28ClN3O5S2/c1-3-4-16-40-22-14-12-19(13-15-22)27(36)25-26(20-9-7-10-23(17-20)39-2)35(29(38)28(25)37)30-33-34-31(42-30)41-18-21-8-5-6-11-24(21)32/h5-15,17,26,36H,3-4,16,18H2,1-2H3/b27-25+. The quantitative estimate of drug-likeness (QED) is 0.0465. The summed E-state index contributed by atoms with van der Waals surface area (Å²) in [6.45, 7) is 2.67. The highest BCUT2D eigenvalue weighted by molar-refractivity contribution is 8.00. The Balaban J connectivity index is 1.51. The van der Waals surface area contributed by atoms with Crippen LogP contribution in [0.15, 0.2) is 82.7 Å². The smallest absolute Gasteiger partial charge is 0.301 e. The number of thioether (sulfide) groups is 1. The molecule has 0 bridgehead atoms. The summed E-state index contributed by atoms with van der Waals surface area (Å²) in [5, 5.41) is 20.9. The van der Waals surface area contributed by atoms with E-state index in [0.717, 1.165) is 18.4 Å². The fourth-order valence-corrected chi connectivity index (χ4v) is 6.62. The van der Waals surface area contributed by atoms with Crippen LogP contribution in [0.3, 0.4) is 0 Å². The van der Waals surface area contributed by atoms with Gasteiger partial charge in [0.05, 0.1) is 25.3 Å². The van der Waals surface area contributed by atoms with E-state index in [1.54, 1.807) is 48.5 Å². The number of carbonyl (C=O) groups excluding carboxylic acids is 2. The largest absolute Gasteiger partial charge is 0.507 e. The summed E-state index contributed by atoms with van der Waals surface area (Å²) >= 11 is 8.91. The van der Waals surface area contributed by atoms with Gasteiger partial charge in [0.25, 0.3) is 5.78 Å². The van der Waals surface area contributed by atoms with E-state index >= 15 is 0 Å². The number of benzene rings is 3. The highest BCUT2D eigenvalue weighted by atomic mass is 35.5. The van der Waals surface area contributed by atoms with E-state index in [-0.39, 0.29) is 16.5 Å². The van der Waals surface area contributed by atoms with Crippen molar-refractivity contribution in [1.29, 1.82) is 0 Å². The van der Waals surface area contributed by atoms with Gasteiger partial charge in [-0.3, -0.25) is 14.5 Å². The van der Waals surface area contributed by atoms with Crippen molar-refractivity contribution in [3.8, 4) is 11.5 Å². The zero-order valence-corrected chi connectivity index (χ0v) is 25.3. The van der Waals surface area contributed by atoms with Crippen LogP contribution in [0.4, 0.5) is 5.13 Å². The number of Topliss-reactive ketones (excluding diaryl/α,β-unsaturated/α-hetero) is 1. The Hall–Kier alpha value is -3.86. The first-order chi connectivity index (χ1) is 20.4. The Labute approximate surface area is 257 Å². The Morgan fingerprint density at radius 2 is 1.83 bits per heavy atom. The molecule has 5 rings (SSSR count). The molecule has 0 aliphatic carbocycles. The Morgan fingerprint density at radius 3 is 2.57 bits per heavy atom. The van der Waals surface area contributed by atoms with Gasteiger partial charge in [-0.15, -0.1) is 10.2 Å². The number of ketones is 1. The van der Waals surface area contributed by atoms with Gasteiger partial charge < -0.3 is 14.6 Å². The van der Waals surface area contributed by atoms with Crippen LogP contribution in [0.2, 0.25) is 5.02 Å². The maximum Gasteiger partial charge on any atom is 0.301 e. The summed E-state index contributed by atoms with van der Waals surface area (Å²) in [5.74, 6) is -0.154. The van der Waals surface area contributed by atoms with E-state index in [4.69, 9.17) is 21.1 Å². The van der Waals surface area contributed by atoms with Crippen LogP contribution in [0, 0.1) is 0 Å². The van der Waals surface area contributed by atoms with Gasteiger partial charge in [-0.2, -0.15) is 0 Å². The molecule has 3 aromatic carbocycles. The van der Waals surface area contributed by atoms with Gasteiger partial charge in [0, 0.05) is 16.3 Å². The fourth-order valence-electron chi connectivity index (χ4n) is 4.47. The molecule has 11 heteroatoms. The first-order valence-electron chi connectivity index (χ1n) is 13.3. The number of amides is 1. The lowest BCUT2D eigenvalue weighted by Gasteiger charge is -2.23. The number of ether oxygens (including phenoxy) is 2. The number of anilines is 1. The van der Waals surface area contributed by atoms with E-state index in [1.807, 2.05) is 24.3 Å². The van der Waals surface area contributed by atoms with Crippen LogP contribution in [0.25, 0.3) is 5.76 Å². The average molecular weight is 622 g/mol. The van der Waals surface area contributed by atoms with Crippen LogP contribution < -0.4 is 14.4 Å². The number of hydrogen-bond acceptors (Lipinski definition) is 9. The van der Waals surface area contributed by atoms with Crippen LogP contribution in [0.5, 0.6) is 11.5 Å². The van der Waals surface area contributed by atoms with Crippen molar-refractivity contribution in [2.45, 2.75) is 35.9 Å². The Bertz CT molecular complexity index is 1620. The number of rotatable bonds is 11. The minimum absolute atomic E-state index is 0.0478. The molecule has 1 aromatic heterocycles. The summed E-state index contributed by atoms with van der Waals surface area (Å²) in [6, 6.07) is 20.4. The topological polar surface area (TPSA) is 102 Å². The number of halogens is 1. The fraction of sp³-hybridized carbons (Fsp3) is 0.226. The highest BCUT2D eigenvalue weighted by Gasteiger charge is 2.48. The average Bonchev–Trinajstić information content (AvgIpc) is 3.58. The molecule has 1 aliphatic rings. The lowest BCUT2D eigenvalue weighted by Crippen LogP contribution is -2.29. The van der Waals surface area contributed by atoms with Gasteiger partial charge in [0.15, 0.2) is 4.34 Å². The molecule has 8 nitrogen and oxygen atoms in total. The number of unbranched alkanes of at least 4 members (excludes halogenated alkanes) is 1. The number of methoxy groups -OCH3 is 1. The third kappa shape index (κ3) is 6.30. The predicted octanol–water partition coefficient (Wildman–Crippen LogP) is 7.30. The molecule has 1 N–H and O–H groups in total. The van der Waals surface area contributed by atoms with E-state index in [1.165, 1.54) is 35.1 Å². The second-order valence-electron chi connectivity index (χ2n) is 9.40. The molecule has 1 fully saturated rings. The van der Waals surface area contributed by atoms with E-state index in [0.29, 0.717) is 44.3 Å². The molecule has 216 valence electrons. The number of aliphatic hydroxyl groups excluding tert-OH is 1. The summed E-state index contributed by atoms with van der Waals surface area (Å²) < 4.78 is 11.7. The molecule has 1 atom stereocenters. The third-order valence-corrected chi connectivity index (χ3v) is 9.13. The summed E-state index contributed by atoms with van der Waals surface area (Å²) in [5.41, 5.74) is 1.86. The number of aromatic nitrogens is 2. The number of aliphatic hydroxyl groups is 1. The lowest BCUT2D eigenvalue weighted by atomic mass is 9.95. The van der Waals surface area contributed by atoms with Gasteiger partial charge in [-0.05, 0) is 60.0 Å². The minimum atomic E-state index is -0.949. The van der Waals surface area contributed by atoms with Gasteiger partial charge in [-0.1, -0.05) is 78.4 Å².